The van der Waals surface area contributed by atoms with Crippen LogP contribution in [0.15, 0.2) is 25.0 Å². The first-order chi connectivity index (χ1) is 5.79. The zero-order chi connectivity index (χ0) is 8.97. The highest BCUT2D eigenvalue weighted by molar-refractivity contribution is 5.51. The zero-order valence-electron chi connectivity index (χ0n) is 7.33. The van der Waals surface area contributed by atoms with Crippen molar-refractivity contribution in [2.75, 3.05) is 0 Å². The molecule has 0 aliphatic rings. The van der Waals surface area contributed by atoms with E-state index in [1.165, 1.54) is 0 Å². The highest BCUT2D eigenvalue weighted by Crippen LogP contribution is 2.17. The molecule has 1 aromatic heterocycles. The molecule has 0 fully saturated rings. The lowest BCUT2D eigenvalue weighted by atomic mass is 10.0. The Balaban J connectivity index is 3.04. The molecule has 0 radical (unpaired) electrons. The van der Waals surface area contributed by atoms with Crippen molar-refractivity contribution in [3.8, 4) is 0 Å². The summed E-state index contributed by atoms with van der Waals surface area (Å²) in [5, 5.41) is 0. The Morgan fingerprint density at radius 2 is 2.50 bits per heavy atom. The summed E-state index contributed by atoms with van der Waals surface area (Å²) in [5.74, 6) is 0. The van der Waals surface area contributed by atoms with Crippen LogP contribution in [-0.2, 0) is 0 Å². The van der Waals surface area contributed by atoms with Crippen molar-refractivity contribution in [1.29, 1.82) is 0 Å². The molecule has 12 heavy (non-hydrogen) atoms. The summed E-state index contributed by atoms with van der Waals surface area (Å²) in [7, 11) is 0. The summed E-state index contributed by atoms with van der Waals surface area (Å²) in [6.07, 6.45) is 6.30. The number of hydrogen-bond donors (Lipinski definition) is 1. The Kier molecular flexibility index (Phi) is 3.00. The van der Waals surface area contributed by atoms with E-state index in [1.807, 2.05) is 18.3 Å². The van der Waals surface area contributed by atoms with Gasteiger partial charge in [0.05, 0.1) is 0 Å². The number of nitrogens with two attached hydrogens (primary N) is 1. The van der Waals surface area contributed by atoms with Crippen molar-refractivity contribution in [3.05, 3.63) is 36.2 Å². The van der Waals surface area contributed by atoms with Crippen molar-refractivity contribution < 1.29 is 0 Å². The minimum absolute atomic E-state index is 0.0756. The Morgan fingerprint density at radius 1 is 1.75 bits per heavy atom. The maximum Gasteiger partial charge on any atom is 0.0321 e. The van der Waals surface area contributed by atoms with Gasteiger partial charge in [0.1, 0.15) is 0 Å². The molecule has 2 N–H and O–H groups in total. The van der Waals surface area contributed by atoms with Crippen LogP contribution in [-0.4, -0.2) is 4.98 Å². The number of aromatic nitrogens is 1. The normalized spacial score (nSPS) is 12.5. The maximum absolute atomic E-state index is 5.88. The molecule has 1 aromatic rings. The molecule has 1 atom stereocenters. The smallest absolute Gasteiger partial charge is 0.0321 e. The van der Waals surface area contributed by atoms with Crippen LogP contribution in [0.5, 0.6) is 0 Å². The van der Waals surface area contributed by atoms with E-state index < -0.39 is 0 Å². The van der Waals surface area contributed by atoms with Gasteiger partial charge < -0.3 is 5.73 Å². The molecule has 0 saturated carbocycles. The highest BCUT2D eigenvalue weighted by atomic mass is 14.7. The molecule has 0 bridgehead atoms. The third-order valence-corrected chi connectivity index (χ3v) is 1.95. The van der Waals surface area contributed by atoms with Gasteiger partial charge in [-0.05, 0) is 23.6 Å². The van der Waals surface area contributed by atoms with Crippen LogP contribution in [0.2, 0.25) is 0 Å². The Labute approximate surface area is 73.1 Å². The predicted molar refractivity (Wildman–Crippen MR) is 51.5 cm³/mol. The maximum atomic E-state index is 5.88. The zero-order valence-corrected chi connectivity index (χ0v) is 7.33. The summed E-state index contributed by atoms with van der Waals surface area (Å²) in [6, 6.07) is 2.00. The number of nitrogens with zero attached hydrogens (tertiary/aromatic N) is 1. The monoisotopic (exact) mass is 162 g/mol. The van der Waals surface area contributed by atoms with E-state index in [9.17, 15) is 0 Å². The fraction of sp³-hybridized carbons (Fsp3) is 0.300. The lowest BCUT2D eigenvalue weighted by Gasteiger charge is -2.11. The number of rotatable bonds is 3. The van der Waals surface area contributed by atoms with E-state index in [1.54, 1.807) is 6.20 Å². The van der Waals surface area contributed by atoms with E-state index in [2.05, 4.69) is 18.5 Å². The Hall–Kier alpha value is -1.15. The van der Waals surface area contributed by atoms with Crippen LogP contribution in [0.25, 0.3) is 6.08 Å². The third-order valence-electron chi connectivity index (χ3n) is 1.95. The van der Waals surface area contributed by atoms with E-state index in [4.69, 9.17) is 5.73 Å². The summed E-state index contributed by atoms with van der Waals surface area (Å²) >= 11 is 0. The molecule has 0 saturated heterocycles. The Bertz CT molecular complexity index is 268. The Morgan fingerprint density at radius 3 is 3.08 bits per heavy atom. The van der Waals surface area contributed by atoms with Gasteiger partial charge in [-0.2, -0.15) is 0 Å². The summed E-state index contributed by atoms with van der Waals surface area (Å²) in [6.45, 7) is 5.78. The van der Waals surface area contributed by atoms with Gasteiger partial charge in [-0.15, -0.1) is 0 Å². The second-order valence-electron chi connectivity index (χ2n) is 2.72. The molecule has 0 amide bonds. The molecular weight excluding hydrogens is 148 g/mol. The van der Waals surface area contributed by atoms with Gasteiger partial charge in [-0.25, -0.2) is 0 Å². The fourth-order valence-corrected chi connectivity index (χ4v) is 1.13. The van der Waals surface area contributed by atoms with Crippen LogP contribution < -0.4 is 5.73 Å². The minimum Gasteiger partial charge on any atom is -0.324 e. The van der Waals surface area contributed by atoms with Gasteiger partial charge in [0.15, 0.2) is 0 Å². The molecule has 0 aliphatic heterocycles. The van der Waals surface area contributed by atoms with Crippen molar-refractivity contribution in [2.45, 2.75) is 19.4 Å². The second kappa shape index (κ2) is 4.02. The molecular formula is C10H14N2. The number of hydrogen-bond acceptors (Lipinski definition) is 2. The predicted octanol–water partition coefficient (Wildman–Crippen LogP) is 2.13. The van der Waals surface area contributed by atoms with Crippen molar-refractivity contribution >= 4 is 6.08 Å². The summed E-state index contributed by atoms with van der Waals surface area (Å²) in [4.78, 5) is 4.03. The van der Waals surface area contributed by atoms with Gasteiger partial charge in [-0.3, -0.25) is 4.98 Å². The second-order valence-corrected chi connectivity index (χ2v) is 2.72. The van der Waals surface area contributed by atoms with Crippen molar-refractivity contribution in [1.82, 2.24) is 4.98 Å². The SMILES string of the molecule is C=Cc1ccncc1C(N)CC. The summed E-state index contributed by atoms with van der Waals surface area (Å²) in [5.41, 5.74) is 8.04. The molecule has 0 aliphatic carbocycles. The van der Waals surface area contributed by atoms with E-state index in [0.717, 1.165) is 17.5 Å². The first-order valence-electron chi connectivity index (χ1n) is 4.11. The lowest BCUT2D eigenvalue weighted by Crippen LogP contribution is -2.10. The van der Waals surface area contributed by atoms with E-state index >= 15 is 0 Å². The van der Waals surface area contributed by atoms with Crippen LogP contribution in [0, 0.1) is 0 Å². The molecule has 1 unspecified atom stereocenters. The van der Waals surface area contributed by atoms with Crippen molar-refractivity contribution in [2.24, 2.45) is 5.73 Å². The standard InChI is InChI=1S/C10H14N2/c1-3-8-5-6-12-7-9(8)10(11)4-2/h3,5-7,10H,1,4,11H2,2H3. The number of pyridine rings is 1. The lowest BCUT2D eigenvalue weighted by molar-refractivity contribution is 0.694. The molecule has 1 rings (SSSR count). The quantitative estimate of drug-likeness (QED) is 0.739. The van der Waals surface area contributed by atoms with Gasteiger partial charge >= 0.3 is 0 Å². The minimum atomic E-state index is 0.0756. The van der Waals surface area contributed by atoms with Gasteiger partial charge in [0, 0.05) is 18.4 Å². The molecule has 64 valence electrons. The molecule has 2 heteroatoms. The molecule has 0 spiro atoms. The molecule has 2 nitrogen and oxygen atoms in total. The molecule has 1 heterocycles. The van der Waals surface area contributed by atoms with E-state index in [0.29, 0.717) is 0 Å². The summed E-state index contributed by atoms with van der Waals surface area (Å²) < 4.78 is 0. The average Bonchev–Trinajstić information content (AvgIpc) is 2.16. The van der Waals surface area contributed by atoms with Crippen LogP contribution >= 0.6 is 0 Å². The highest BCUT2D eigenvalue weighted by Gasteiger charge is 2.06. The van der Waals surface area contributed by atoms with Gasteiger partial charge in [0.25, 0.3) is 0 Å². The first kappa shape index (κ1) is 8.94. The largest absolute Gasteiger partial charge is 0.324 e. The third kappa shape index (κ3) is 1.71. The van der Waals surface area contributed by atoms with Crippen LogP contribution in [0.3, 0.4) is 0 Å². The van der Waals surface area contributed by atoms with Crippen LogP contribution in [0.4, 0.5) is 0 Å². The van der Waals surface area contributed by atoms with Gasteiger partial charge in [-0.1, -0.05) is 19.6 Å². The van der Waals surface area contributed by atoms with Crippen LogP contribution in [0.1, 0.15) is 30.5 Å². The van der Waals surface area contributed by atoms with Crippen molar-refractivity contribution in [3.63, 3.8) is 0 Å². The average molecular weight is 162 g/mol. The topological polar surface area (TPSA) is 38.9 Å². The van der Waals surface area contributed by atoms with E-state index in [-0.39, 0.29) is 6.04 Å². The first-order valence-corrected chi connectivity index (χ1v) is 4.11. The molecule has 0 aromatic carbocycles. The van der Waals surface area contributed by atoms with Gasteiger partial charge in [0.2, 0.25) is 0 Å². The fourth-order valence-electron chi connectivity index (χ4n) is 1.13.